The van der Waals surface area contributed by atoms with Gasteiger partial charge >= 0.3 is 28.8 Å². The van der Waals surface area contributed by atoms with E-state index in [-0.39, 0.29) is 41.6 Å². The predicted molar refractivity (Wildman–Crippen MR) is 139 cm³/mol. The summed E-state index contributed by atoms with van der Waals surface area (Å²) in [6, 6.07) is 1.26. The molecule has 0 aliphatic carbocycles. The van der Waals surface area contributed by atoms with Gasteiger partial charge in [0.05, 0.1) is 12.7 Å². The fraction of sp³-hybridized carbons (Fsp3) is 0.792. The first-order chi connectivity index (χ1) is 16.7. The Hall–Kier alpha value is -1.58. The third-order valence-corrected chi connectivity index (χ3v) is 17.9. The van der Waals surface area contributed by atoms with Crippen LogP contribution < -0.4 is 11.2 Å². The molecule has 0 radical (unpaired) electrons. The van der Waals surface area contributed by atoms with Crippen molar-refractivity contribution in [2.45, 2.75) is 109 Å². The Labute approximate surface area is 214 Å². The molecule has 0 aromatic carbocycles. The van der Waals surface area contributed by atoms with E-state index in [1.807, 2.05) is 0 Å². The average molecular weight is 543 g/mol. The summed E-state index contributed by atoms with van der Waals surface area (Å²) in [6.07, 6.45) is -0.297. The number of rotatable bonds is 8. The highest BCUT2D eigenvalue weighted by molar-refractivity contribution is 6.83. The Bertz CT molecular complexity index is 1020. The second-order valence-corrected chi connectivity index (χ2v) is 20.1. The second-order valence-electron chi connectivity index (χ2n) is 11.2. The first-order valence-corrected chi connectivity index (χ1v) is 16.9. The molecule has 2 fully saturated rings. The van der Waals surface area contributed by atoms with Crippen molar-refractivity contribution in [2.75, 3.05) is 6.61 Å². The summed E-state index contributed by atoms with van der Waals surface area (Å²) in [4.78, 5) is 38.2. The van der Waals surface area contributed by atoms with Crippen molar-refractivity contribution in [1.29, 1.82) is 0 Å². The molecule has 0 bridgehead atoms. The number of carboxylic acid groups (broad SMARTS) is 1. The van der Waals surface area contributed by atoms with Gasteiger partial charge in [-0.15, -0.1) is 0 Å². The summed E-state index contributed by atoms with van der Waals surface area (Å²) in [5.74, 6) is -1.38. The molecule has 1 aromatic heterocycles. The lowest BCUT2D eigenvalue weighted by atomic mass is 9.94. The fourth-order valence-electron chi connectivity index (χ4n) is 5.73. The van der Waals surface area contributed by atoms with E-state index < -0.39 is 58.7 Å². The topological polar surface area (TPSA) is 129 Å². The highest BCUT2D eigenvalue weighted by atomic mass is 28.5. The van der Waals surface area contributed by atoms with Crippen LogP contribution in [0.1, 0.15) is 74.5 Å². The lowest BCUT2D eigenvalue weighted by Crippen LogP contribution is -2.65. The predicted octanol–water partition coefficient (Wildman–Crippen LogP) is 3.87. The van der Waals surface area contributed by atoms with Crippen LogP contribution in [-0.4, -0.2) is 56.6 Å². The zero-order valence-corrected chi connectivity index (χ0v) is 24.6. The van der Waals surface area contributed by atoms with E-state index in [1.54, 1.807) is 0 Å². The van der Waals surface area contributed by atoms with Crippen molar-refractivity contribution in [3.63, 3.8) is 0 Å². The van der Waals surface area contributed by atoms with Gasteiger partial charge in [-0.3, -0.25) is 19.1 Å². The Balaban J connectivity index is 2.15. The monoisotopic (exact) mass is 542 g/mol. The van der Waals surface area contributed by atoms with Gasteiger partial charge in [0, 0.05) is 24.6 Å². The molecule has 2 saturated heterocycles. The molecule has 10 nitrogen and oxygen atoms in total. The molecule has 0 amide bonds. The molecule has 36 heavy (non-hydrogen) atoms. The van der Waals surface area contributed by atoms with Crippen molar-refractivity contribution >= 4 is 23.1 Å². The molecular formula is C24H42N2O8Si2. The first kappa shape index (κ1) is 29.0. The van der Waals surface area contributed by atoms with Crippen LogP contribution in [-0.2, 0) is 22.5 Å². The molecule has 12 heteroatoms. The summed E-state index contributed by atoms with van der Waals surface area (Å²) >= 11 is 0. The van der Waals surface area contributed by atoms with Gasteiger partial charge in [0.1, 0.15) is 12.3 Å². The van der Waals surface area contributed by atoms with Crippen molar-refractivity contribution in [3.8, 4) is 0 Å². The molecule has 3 heterocycles. The van der Waals surface area contributed by atoms with Crippen LogP contribution >= 0.6 is 0 Å². The van der Waals surface area contributed by atoms with E-state index in [4.69, 9.17) is 17.7 Å². The number of hydrogen-bond donors (Lipinski definition) is 2. The maximum absolute atomic E-state index is 12.7. The molecule has 0 saturated carbocycles. The van der Waals surface area contributed by atoms with Crippen LogP contribution in [0.5, 0.6) is 0 Å². The number of aliphatic carboxylic acids is 1. The van der Waals surface area contributed by atoms with E-state index >= 15 is 0 Å². The van der Waals surface area contributed by atoms with Crippen LogP contribution in [0.3, 0.4) is 0 Å². The van der Waals surface area contributed by atoms with E-state index in [1.165, 1.54) is 16.8 Å². The maximum Gasteiger partial charge on any atom is 0.335 e. The molecule has 1 aromatic rings. The number of nitrogens with zero attached hydrogens (tertiary/aromatic N) is 1. The van der Waals surface area contributed by atoms with Crippen molar-refractivity contribution < 1.29 is 27.6 Å². The second kappa shape index (κ2) is 11.0. The lowest BCUT2D eigenvalue weighted by molar-refractivity contribution is -0.137. The summed E-state index contributed by atoms with van der Waals surface area (Å²) in [5, 5.41) is 9.46. The quantitative estimate of drug-likeness (QED) is 0.474. The van der Waals surface area contributed by atoms with Crippen LogP contribution in [0, 0.1) is 5.92 Å². The minimum absolute atomic E-state index is 0.0965. The number of H-pyrrole nitrogens is 1. The number of ether oxygens (including phenoxy) is 1. The van der Waals surface area contributed by atoms with Crippen molar-refractivity contribution in [2.24, 2.45) is 5.92 Å². The van der Waals surface area contributed by atoms with Gasteiger partial charge in [-0.2, -0.15) is 0 Å². The summed E-state index contributed by atoms with van der Waals surface area (Å²) in [7, 11) is -5.73. The van der Waals surface area contributed by atoms with Crippen molar-refractivity contribution in [1.82, 2.24) is 9.55 Å². The third kappa shape index (κ3) is 5.34. The van der Waals surface area contributed by atoms with Gasteiger partial charge < -0.3 is 22.8 Å². The summed E-state index contributed by atoms with van der Waals surface area (Å²) < 4.78 is 28.9. The van der Waals surface area contributed by atoms with Crippen LogP contribution in [0.4, 0.5) is 0 Å². The summed E-state index contributed by atoms with van der Waals surface area (Å²) in [6.45, 7) is 17.3. The first-order valence-electron chi connectivity index (χ1n) is 13.0. The Kier molecular flexibility index (Phi) is 8.89. The van der Waals surface area contributed by atoms with E-state index in [9.17, 15) is 19.5 Å². The molecule has 2 N–H and O–H groups in total. The number of hydrogen-bond acceptors (Lipinski definition) is 7. The van der Waals surface area contributed by atoms with E-state index in [2.05, 4.69) is 60.4 Å². The molecule has 0 spiro atoms. The molecule has 3 rings (SSSR count). The highest BCUT2D eigenvalue weighted by Gasteiger charge is 2.61. The fourth-order valence-corrected chi connectivity index (χ4v) is 17.0. The highest BCUT2D eigenvalue weighted by Crippen LogP contribution is 2.50. The molecule has 2 aliphatic heterocycles. The normalized spacial score (nSPS) is 27.9. The van der Waals surface area contributed by atoms with Gasteiger partial charge in [0.2, 0.25) is 0 Å². The van der Waals surface area contributed by atoms with Crippen molar-refractivity contribution in [3.05, 3.63) is 33.1 Å². The Morgan fingerprint density at radius 1 is 1.06 bits per heavy atom. The van der Waals surface area contributed by atoms with Gasteiger partial charge in [-0.1, -0.05) is 55.4 Å². The minimum atomic E-state index is -2.95. The molecule has 4 atom stereocenters. The van der Waals surface area contributed by atoms with Crippen LogP contribution in [0.2, 0.25) is 22.2 Å². The molecular weight excluding hydrogens is 500 g/mol. The number of fused-ring (bicyclic) bond motifs is 1. The van der Waals surface area contributed by atoms with E-state index in [0.717, 1.165) is 0 Å². The number of carbonyl (C=O) groups is 1. The van der Waals surface area contributed by atoms with Gasteiger partial charge in [0.25, 0.3) is 5.56 Å². The molecule has 204 valence electrons. The maximum atomic E-state index is 12.7. The van der Waals surface area contributed by atoms with Gasteiger partial charge in [-0.05, 0) is 28.6 Å². The summed E-state index contributed by atoms with van der Waals surface area (Å²) in [5.41, 5.74) is -0.583. The lowest BCUT2D eigenvalue weighted by Gasteiger charge is -2.51. The zero-order chi connectivity index (χ0) is 27.0. The molecule has 0 unspecified atom stereocenters. The standard InChI is InChI=1S/C24H42N2O8Si2/c1-14(2)35(15(3)4)31-13-19-22(33-36(34-35,16(5)6)17(7)8)18(9-10-21(28)29)23(32-19)26-12-11-20(27)25-24(26)30/h11-12,14-19,22-23H,9-10,13H2,1-8H3,(H,28,29)(H,25,27,30)/t18-,19-,22+,23-/m1/s1. The Morgan fingerprint density at radius 3 is 2.14 bits per heavy atom. The molecule has 2 aliphatic rings. The van der Waals surface area contributed by atoms with Gasteiger partial charge in [-0.25, -0.2) is 4.79 Å². The zero-order valence-electron chi connectivity index (χ0n) is 22.6. The smallest absolute Gasteiger partial charge is 0.335 e. The Morgan fingerprint density at radius 2 is 1.64 bits per heavy atom. The van der Waals surface area contributed by atoms with Crippen LogP contribution in [0.25, 0.3) is 0 Å². The SMILES string of the molecule is CC(C)[Si]1(C(C)C)OC[C@H]2O[C@@H](n3ccc(=O)[nH]c3=O)[C@H](CCC(=O)O)[C@@H]2O[Si](C(C)C)(C(C)C)O1. The number of aromatic amines is 1. The number of carboxylic acids is 1. The number of nitrogens with one attached hydrogen (secondary N) is 1. The number of aromatic nitrogens is 2. The van der Waals surface area contributed by atoms with Crippen LogP contribution in [0.15, 0.2) is 21.9 Å². The average Bonchev–Trinajstić information content (AvgIpc) is 3.07. The van der Waals surface area contributed by atoms with E-state index in [0.29, 0.717) is 0 Å². The minimum Gasteiger partial charge on any atom is -0.481 e. The third-order valence-electron chi connectivity index (χ3n) is 7.62. The van der Waals surface area contributed by atoms with Gasteiger partial charge in [0.15, 0.2) is 0 Å². The largest absolute Gasteiger partial charge is 0.481 e.